The molecule has 7 heteroatoms. The number of urea groups is 1. The second-order valence-electron chi connectivity index (χ2n) is 12.8. The summed E-state index contributed by atoms with van der Waals surface area (Å²) < 4.78 is 0. The number of hydrogen-bond donors (Lipinski definition) is 4. The summed E-state index contributed by atoms with van der Waals surface area (Å²) in [6.45, 7) is 13.0. The van der Waals surface area contributed by atoms with Gasteiger partial charge in [0.15, 0.2) is 0 Å². The number of nitrogens with zero attached hydrogens (tertiary/aromatic N) is 2. The molecule has 0 aliphatic heterocycles. The molecule has 4 N–H and O–H groups in total. The van der Waals surface area contributed by atoms with Gasteiger partial charge in [-0.1, -0.05) is 43.3 Å². The maximum absolute atomic E-state index is 12.6. The lowest BCUT2D eigenvalue weighted by atomic mass is 9.53. The van der Waals surface area contributed by atoms with E-state index in [9.17, 15) is 10.0 Å². The van der Waals surface area contributed by atoms with Gasteiger partial charge in [0.1, 0.15) is 0 Å². The molecule has 210 valence electrons. The van der Waals surface area contributed by atoms with Crippen LogP contribution in [0.1, 0.15) is 91.2 Å². The van der Waals surface area contributed by atoms with Crippen molar-refractivity contribution in [1.82, 2.24) is 10.7 Å². The largest absolute Gasteiger partial charge is 0.334 e. The zero-order chi connectivity index (χ0) is 28.3. The van der Waals surface area contributed by atoms with Crippen LogP contribution in [0, 0.1) is 10.8 Å². The van der Waals surface area contributed by atoms with Crippen LogP contribution in [0.15, 0.2) is 59.7 Å². The number of allylic oxidation sites excluding steroid dienone is 1. The highest BCUT2D eigenvalue weighted by atomic mass is 16.5. The molecule has 3 fully saturated rings. The topological polar surface area (TPSA) is 89.0 Å². The maximum Gasteiger partial charge on any atom is 0.319 e. The molecule has 0 aromatic heterocycles. The van der Waals surface area contributed by atoms with E-state index in [1.54, 1.807) is 6.07 Å². The van der Waals surface area contributed by atoms with Gasteiger partial charge in [-0.05, 0) is 102 Å². The Morgan fingerprint density at radius 1 is 1.03 bits per heavy atom. The summed E-state index contributed by atoms with van der Waals surface area (Å²) in [5.74, 6) is 0. The quantitative estimate of drug-likeness (QED) is 0.208. The number of fused-ring (bicyclic) bond motifs is 3. The molecule has 0 heterocycles. The molecule has 39 heavy (non-hydrogen) atoms. The van der Waals surface area contributed by atoms with Gasteiger partial charge in [-0.15, -0.1) is 0 Å². The normalized spacial score (nSPS) is 23.5. The first kappa shape index (κ1) is 28.8. The summed E-state index contributed by atoms with van der Waals surface area (Å²) >= 11 is 0. The van der Waals surface area contributed by atoms with Crippen molar-refractivity contribution >= 4 is 28.7 Å². The molecule has 3 aliphatic rings. The van der Waals surface area contributed by atoms with Crippen LogP contribution in [0.4, 0.5) is 16.2 Å². The number of nitrogens with one attached hydrogen (secondary N) is 3. The Morgan fingerprint density at radius 2 is 1.67 bits per heavy atom. The molecule has 3 aliphatic carbocycles. The van der Waals surface area contributed by atoms with E-state index in [-0.39, 0.29) is 17.0 Å². The van der Waals surface area contributed by atoms with Crippen LogP contribution in [0.5, 0.6) is 0 Å². The van der Waals surface area contributed by atoms with E-state index in [0.29, 0.717) is 23.3 Å². The van der Waals surface area contributed by atoms with E-state index >= 15 is 0 Å². The molecule has 2 aromatic rings. The number of hydrazine groups is 1. The molecule has 7 nitrogen and oxygen atoms in total. The third-order valence-electron chi connectivity index (χ3n) is 8.49. The van der Waals surface area contributed by atoms with E-state index in [1.165, 1.54) is 44.2 Å². The highest BCUT2D eigenvalue weighted by molar-refractivity contribution is 5.92. The summed E-state index contributed by atoms with van der Waals surface area (Å²) in [5, 5.41) is 17.8. The van der Waals surface area contributed by atoms with Gasteiger partial charge in [0.25, 0.3) is 0 Å². The number of carbonyl (C=O) groups excluding carboxylic acids is 1. The van der Waals surface area contributed by atoms with Gasteiger partial charge in [0, 0.05) is 40.7 Å². The number of amides is 2. The molecule has 0 radical (unpaired) electrons. The number of carbonyl (C=O) groups is 1. The van der Waals surface area contributed by atoms with Crippen molar-refractivity contribution < 1.29 is 10.0 Å². The van der Waals surface area contributed by atoms with E-state index in [1.807, 2.05) is 76.4 Å². The predicted molar refractivity (Wildman–Crippen MR) is 161 cm³/mol. The average Bonchev–Trinajstić information content (AvgIpc) is 2.90. The molecule has 3 saturated carbocycles. The third kappa shape index (κ3) is 7.28. The number of anilines is 2. The number of benzene rings is 2. The second-order valence-corrected chi connectivity index (χ2v) is 12.8. The minimum atomic E-state index is -0.371. The van der Waals surface area contributed by atoms with Crippen LogP contribution in [-0.2, 0) is 6.54 Å². The Balaban J connectivity index is 1.54. The van der Waals surface area contributed by atoms with Crippen molar-refractivity contribution in [3.05, 3.63) is 65.9 Å². The molecular weight excluding hydrogens is 486 g/mol. The van der Waals surface area contributed by atoms with Gasteiger partial charge in [0.05, 0.1) is 5.69 Å². The maximum atomic E-state index is 12.6. The van der Waals surface area contributed by atoms with Gasteiger partial charge < -0.3 is 10.6 Å². The van der Waals surface area contributed by atoms with Gasteiger partial charge in [0.2, 0.25) is 0 Å². The Kier molecular flexibility index (Phi) is 8.52. The van der Waals surface area contributed by atoms with Crippen molar-refractivity contribution in [3.63, 3.8) is 0 Å². The monoisotopic (exact) mass is 531 g/mol. The molecule has 2 amide bonds. The fourth-order valence-electron chi connectivity index (χ4n) is 5.77. The summed E-state index contributed by atoms with van der Waals surface area (Å²) in [6, 6.07) is 15.0. The highest BCUT2D eigenvalue weighted by Gasteiger charge is 2.47. The van der Waals surface area contributed by atoms with Crippen molar-refractivity contribution in [1.29, 1.82) is 0 Å². The first-order valence-corrected chi connectivity index (χ1v) is 14.1. The molecule has 0 saturated heterocycles. The number of rotatable bonds is 8. The zero-order valence-corrected chi connectivity index (χ0v) is 24.4. The molecule has 0 atom stereocenters. The van der Waals surface area contributed by atoms with Crippen LogP contribution >= 0.6 is 0 Å². The van der Waals surface area contributed by atoms with Crippen LogP contribution in [0.3, 0.4) is 0 Å². The van der Waals surface area contributed by atoms with Crippen molar-refractivity contribution in [2.45, 2.75) is 92.2 Å². The van der Waals surface area contributed by atoms with Crippen molar-refractivity contribution in [2.75, 3.05) is 10.5 Å². The lowest BCUT2D eigenvalue weighted by molar-refractivity contribution is 0.0483. The molecule has 5 rings (SSSR count). The van der Waals surface area contributed by atoms with Gasteiger partial charge in [-0.2, -0.15) is 5.17 Å². The first-order chi connectivity index (χ1) is 18.4. The van der Waals surface area contributed by atoms with E-state index in [0.717, 1.165) is 21.9 Å². The van der Waals surface area contributed by atoms with Crippen molar-refractivity contribution in [2.24, 2.45) is 15.8 Å². The Morgan fingerprint density at radius 3 is 2.28 bits per heavy atom. The van der Waals surface area contributed by atoms with Gasteiger partial charge in [-0.3, -0.25) is 10.2 Å². The fourth-order valence-corrected chi connectivity index (χ4v) is 5.77. The van der Waals surface area contributed by atoms with Crippen LogP contribution in [0.25, 0.3) is 5.57 Å². The van der Waals surface area contributed by atoms with Crippen LogP contribution in [0.2, 0.25) is 0 Å². The second kappa shape index (κ2) is 11.5. The Labute approximate surface area is 233 Å². The van der Waals surface area contributed by atoms with E-state index in [4.69, 9.17) is 4.99 Å². The van der Waals surface area contributed by atoms with Crippen molar-refractivity contribution in [3.8, 4) is 0 Å². The minimum absolute atomic E-state index is 0.231. The highest BCUT2D eigenvalue weighted by Crippen LogP contribution is 2.57. The predicted octanol–water partition coefficient (Wildman–Crippen LogP) is 7.69. The van der Waals surface area contributed by atoms with Crippen LogP contribution in [-0.4, -0.2) is 22.5 Å². The summed E-state index contributed by atoms with van der Waals surface area (Å²) in [5.41, 5.74) is 8.60. The zero-order valence-electron chi connectivity index (χ0n) is 24.4. The van der Waals surface area contributed by atoms with Gasteiger partial charge in [-0.25, -0.2) is 10.2 Å². The summed E-state index contributed by atoms with van der Waals surface area (Å²) in [6.07, 6.45) is 9.47. The van der Waals surface area contributed by atoms with E-state index in [2.05, 4.69) is 29.9 Å². The SMILES string of the molecule is C/C(=C\N=C(/C)C12CCC(C)(CC1)CC2)c1ccc(NC(=O)NCc2ccccc2)cc1N(O)NC(C)(C)C. The molecule has 2 bridgehead atoms. The lowest BCUT2D eigenvalue weighted by Crippen LogP contribution is -2.48. The number of aliphatic imine (C=N–C) groups is 1. The smallest absolute Gasteiger partial charge is 0.319 e. The fraction of sp³-hybridized carbons (Fsp3) is 0.500. The average molecular weight is 532 g/mol. The minimum Gasteiger partial charge on any atom is -0.334 e. The summed E-state index contributed by atoms with van der Waals surface area (Å²) in [7, 11) is 0. The molecule has 0 spiro atoms. The van der Waals surface area contributed by atoms with Crippen LogP contribution < -0.4 is 21.2 Å². The first-order valence-electron chi connectivity index (χ1n) is 14.1. The van der Waals surface area contributed by atoms with Gasteiger partial charge >= 0.3 is 6.03 Å². The molecular formula is C32H45N5O2. The molecule has 0 unspecified atom stereocenters. The van der Waals surface area contributed by atoms with E-state index < -0.39 is 0 Å². The summed E-state index contributed by atoms with van der Waals surface area (Å²) in [4.78, 5) is 17.5. The number of hydrogen-bond acceptors (Lipinski definition) is 5. The lowest BCUT2D eigenvalue weighted by Gasteiger charge is -2.52. The molecule has 2 aromatic carbocycles. The Hall–Kier alpha value is -3.16. The third-order valence-corrected chi connectivity index (χ3v) is 8.49. The standard InChI is InChI=1S/C32H45N5O2/c1-23(21-33-24(2)32-17-14-31(6,15-18-32)16-19-32)27-13-12-26(20-28(27)37(39)36-30(3,4)5)35-29(38)34-22-25-10-8-7-9-11-25/h7-13,20-21,36,39H,14-19,22H2,1-6H3,(H2,34,35,38)/b23-21+,33-24+. The Bertz CT molecular complexity index is 1200.